The summed E-state index contributed by atoms with van der Waals surface area (Å²) in [7, 11) is 0. The highest BCUT2D eigenvalue weighted by Gasteiger charge is 2.48. The van der Waals surface area contributed by atoms with Gasteiger partial charge in [-0.2, -0.15) is 0 Å². The van der Waals surface area contributed by atoms with Crippen LogP contribution in [0.1, 0.15) is 67.1 Å². The second kappa shape index (κ2) is 11.6. The number of hydrogen-bond donors (Lipinski definition) is 3. The molecule has 1 saturated carbocycles. The highest BCUT2D eigenvalue weighted by atomic mass is 35.5. The van der Waals surface area contributed by atoms with Gasteiger partial charge in [-0.25, -0.2) is 9.78 Å². The lowest BCUT2D eigenvalue weighted by Gasteiger charge is -2.50. The lowest BCUT2D eigenvalue weighted by atomic mass is 9.75. The number of benzene rings is 2. The molecule has 0 spiro atoms. The van der Waals surface area contributed by atoms with Crippen molar-refractivity contribution in [3.05, 3.63) is 82.6 Å². The maximum atomic E-state index is 14.3. The molecule has 0 radical (unpaired) electrons. The summed E-state index contributed by atoms with van der Waals surface area (Å²) in [6.45, 7) is 4.65. The molecule has 2 heterocycles. The number of nitrogens with two attached hydrogens (primary N) is 1. The highest BCUT2D eigenvalue weighted by molar-refractivity contribution is 6.29. The molecule has 1 atom stereocenters. The molecule has 8 nitrogen and oxygen atoms in total. The van der Waals surface area contributed by atoms with E-state index >= 15 is 0 Å². The van der Waals surface area contributed by atoms with Crippen LogP contribution < -0.4 is 11.1 Å². The zero-order valence-corrected chi connectivity index (χ0v) is 24.0. The Hall–Kier alpha value is -3.75. The molecule has 1 aliphatic carbocycles. The maximum absolute atomic E-state index is 14.3. The molecule has 9 heteroatoms. The minimum absolute atomic E-state index is 0.0175. The number of carbonyl (C=O) groups is 3. The van der Waals surface area contributed by atoms with Gasteiger partial charge in [0.15, 0.2) is 0 Å². The van der Waals surface area contributed by atoms with Crippen molar-refractivity contribution in [2.45, 2.75) is 57.5 Å². The zero-order chi connectivity index (χ0) is 29.3. The molecule has 2 aliphatic rings. The van der Waals surface area contributed by atoms with Crippen LogP contribution in [0.15, 0.2) is 60.8 Å². The number of halogens is 1. The van der Waals surface area contributed by atoms with Gasteiger partial charge in [0, 0.05) is 28.9 Å². The van der Waals surface area contributed by atoms with Gasteiger partial charge < -0.3 is 21.1 Å². The van der Waals surface area contributed by atoms with E-state index < -0.39 is 17.6 Å². The standard InChI is InChI=1S/C32H35ClN4O4/c1-32(2)16-26-24(22-12-15-27(33)35-18-22)4-3-5-25(26)28(29(38)36-23-13-10-21(11-14-23)31(40)41)37(32)30(39)20-8-6-19(17-34)7-9-20/h3-5,10-15,18-20,28H,6-9,16-17,34H2,1-2H3,(H,36,38)(H,40,41). The van der Waals surface area contributed by atoms with E-state index in [1.807, 2.05) is 38.1 Å². The molecule has 1 aromatic heterocycles. The Morgan fingerprint density at radius 2 is 1.76 bits per heavy atom. The lowest BCUT2D eigenvalue weighted by molar-refractivity contribution is -0.151. The van der Waals surface area contributed by atoms with Gasteiger partial charge in [-0.15, -0.1) is 0 Å². The van der Waals surface area contributed by atoms with Gasteiger partial charge in [-0.1, -0.05) is 29.8 Å². The quantitative estimate of drug-likeness (QED) is 0.324. The van der Waals surface area contributed by atoms with E-state index in [1.165, 1.54) is 12.1 Å². The van der Waals surface area contributed by atoms with Crippen molar-refractivity contribution in [2.75, 3.05) is 11.9 Å². The first-order valence-electron chi connectivity index (χ1n) is 14.0. The van der Waals surface area contributed by atoms with Crippen LogP contribution in [-0.2, 0) is 16.0 Å². The summed E-state index contributed by atoms with van der Waals surface area (Å²) < 4.78 is 0. The molecule has 3 aromatic rings. The van der Waals surface area contributed by atoms with Crippen molar-refractivity contribution < 1.29 is 19.5 Å². The molecule has 0 bridgehead atoms. The summed E-state index contributed by atoms with van der Waals surface area (Å²) in [5, 5.41) is 12.6. The monoisotopic (exact) mass is 574 g/mol. The van der Waals surface area contributed by atoms with Crippen LogP contribution in [0.3, 0.4) is 0 Å². The average molecular weight is 575 g/mol. The van der Waals surface area contributed by atoms with Crippen LogP contribution in [0.5, 0.6) is 0 Å². The number of aromatic carboxylic acids is 1. The van der Waals surface area contributed by atoms with Crippen LogP contribution in [0.2, 0.25) is 5.15 Å². The summed E-state index contributed by atoms with van der Waals surface area (Å²) in [6.07, 6.45) is 5.58. The smallest absolute Gasteiger partial charge is 0.335 e. The molecule has 1 unspecified atom stereocenters. The van der Waals surface area contributed by atoms with Crippen molar-refractivity contribution in [2.24, 2.45) is 17.6 Å². The fraction of sp³-hybridized carbons (Fsp3) is 0.375. The number of rotatable bonds is 6. The minimum Gasteiger partial charge on any atom is -0.478 e. The molecule has 2 amide bonds. The van der Waals surface area contributed by atoms with Crippen molar-refractivity contribution in [1.29, 1.82) is 0 Å². The molecule has 41 heavy (non-hydrogen) atoms. The summed E-state index contributed by atoms with van der Waals surface area (Å²) in [5.41, 5.74) is 9.39. The van der Waals surface area contributed by atoms with E-state index in [0.717, 1.165) is 47.9 Å². The fourth-order valence-corrected chi connectivity index (χ4v) is 6.41. The Morgan fingerprint density at radius 1 is 1.05 bits per heavy atom. The highest BCUT2D eigenvalue weighted by Crippen LogP contribution is 2.45. The number of amides is 2. The predicted molar refractivity (Wildman–Crippen MR) is 159 cm³/mol. The van der Waals surface area contributed by atoms with Gasteiger partial charge in [0.1, 0.15) is 11.2 Å². The average Bonchev–Trinajstić information content (AvgIpc) is 2.96. The van der Waals surface area contributed by atoms with Gasteiger partial charge in [0.05, 0.1) is 5.56 Å². The van der Waals surface area contributed by atoms with E-state index in [0.29, 0.717) is 29.7 Å². The largest absolute Gasteiger partial charge is 0.478 e. The Kier molecular flexibility index (Phi) is 8.16. The second-order valence-electron chi connectivity index (χ2n) is 11.7. The van der Waals surface area contributed by atoms with Crippen molar-refractivity contribution in [3.8, 4) is 11.1 Å². The third-order valence-electron chi connectivity index (χ3n) is 8.48. The number of pyridine rings is 1. The molecular formula is C32H35ClN4O4. The summed E-state index contributed by atoms with van der Waals surface area (Å²) in [4.78, 5) is 45.8. The summed E-state index contributed by atoms with van der Waals surface area (Å²) in [5.74, 6) is -1.16. The van der Waals surface area contributed by atoms with Crippen molar-refractivity contribution >= 4 is 35.1 Å². The van der Waals surface area contributed by atoms with Crippen LogP contribution in [0, 0.1) is 11.8 Å². The number of nitrogens with zero attached hydrogens (tertiary/aromatic N) is 2. The summed E-state index contributed by atoms with van der Waals surface area (Å²) in [6, 6.07) is 14.6. The molecule has 1 aliphatic heterocycles. The third kappa shape index (κ3) is 5.85. The first-order chi connectivity index (χ1) is 19.6. The number of anilines is 1. The van der Waals surface area contributed by atoms with Crippen molar-refractivity contribution in [3.63, 3.8) is 0 Å². The SMILES string of the molecule is CC1(C)Cc2c(-c3ccc(Cl)nc3)cccc2C(C(=O)Nc2ccc(C(=O)O)cc2)N1C(=O)C1CCC(CN)CC1. The van der Waals surface area contributed by atoms with Gasteiger partial charge in [-0.05, 0) is 112 Å². The van der Waals surface area contributed by atoms with Gasteiger partial charge in [0.2, 0.25) is 5.91 Å². The van der Waals surface area contributed by atoms with Crippen LogP contribution in [0.4, 0.5) is 5.69 Å². The first-order valence-corrected chi connectivity index (χ1v) is 14.4. The molecular weight excluding hydrogens is 540 g/mol. The molecule has 2 aromatic carbocycles. The number of aromatic nitrogens is 1. The Balaban J connectivity index is 1.57. The number of nitrogens with one attached hydrogen (secondary N) is 1. The van der Waals surface area contributed by atoms with Crippen LogP contribution >= 0.6 is 11.6 Å². The maximum Gasteiger partial charge on any atom is 0.335 e. The van der Waals surface area contributed by atoms with Crippen molar-refractivity contribution in [1.82, 2.24) is 9.88 Å². The molecule has 1 fully saturated rings. The number of carboxylic acids is 1. The Morgan fingerprint density at radius 3 is 2.37 bits per heavy atom. The Labute approximate surface area is 244 Å². The van der Waals surface area contributed by atoms with Crippen LogP contribution in [0.25, 0.3) is 11.1 Å². The molecule has 214 valence electrons. The number of carboxylic acid groups (broad SMARTS) is 1. The van der Waals surface area contributed by atoms with Gasteiger partial charge in [0.25, 0.3) is 5.91 Å². The van der Waals surface area contributed by atoms with E-state index in [9.17, 15) is 19.5 Å². The first kappa shape index (κ1) is 28.8. The van der Waals surface area contributed by atoms with E-state index in [4.69, 9.17) is 17.3 Å². The minimum atomic E-state index is -1.05. The molecule has 5 rings (SSSR count). The fourth-order valence-electron chi connectivity index (χ4n) is 6.30. The van der Waals surface area contributed by atoms with Gasteiger partial charge in [-0.3, -0.25) is 9.59 Å². The predicted octanol–water partition coefficient (Wildman–Crippen LogP) is 5.71. The Bertz CT molecular complexity index is 1450. The van der Waals surface area contributed by atoms with E-state index in [2.05, 4.69) is 10.3 Å². The normalized spacial score (nSPS) is 21.6. The third-order valence-corrected chi connectivity index (χ3v) is 8.70. The van der Waals surface area contributed by atoms with E-state index in [-0.39, 0.29) is 23.3 Å². The number of carbonyl (C=O) groups excluding carboxylic acids is 2. The van der Waals surface area contributed by atoms with Crippen LogP contribution in [-0.4, -0.2) is 44.9 Å². The summed E-state index contributed by atoms with van der Waals surface area (Å²) >= 11 is 6.05. The number of hydrogen-bond acceptors (Lipinski definition) is 5. The van der Waals surface area contributed by atoms with Gasteiger partial charge >= 0.3 is 5.97 Å². The topological polar surface area (TPSA) is 126 Å². The lowest BCUT2D eigenvalue weighted by Crippen LogP contribution is -2.58. The number of fused-ring (bicyclic) bond motifs is 1. The molecule has 0 saturated heterocycles. The molecule has 4 N–H and O–H groups in total. The second-order valence-corrected chi connectivity index (χ2v) is 12.1. The van der Waals surface area contributed by atoms with E-state index in [1.54, 1.807) is 29.3 Å². The zero-order valence-electron chi connectivity index (χ0n) is 23.3.